The molecule has 0 unspecified atom stereocenters. The van der Waals surface area contributed by atoms with Crippen LogP contribution < -0.4 is 10.2 Å². The molecule has 0 aromatic rings. The van der Waals surface area contributed by atoms with Crippen LogP contribution in [0.5, 0.6) is 0 Å². The minimum Gasteiger partial charge on any atom is -0.341 e. The van der Waals surface area contributed by atoms with E-state index in [9.17, 15) is 0 Å². The molecule has 1 aliphatic heterocycles. The molecule has 0 spiro atoms. The molecule has 1 saturated heterocycles. The Bertz CT molecular complexity index is 124. The van der Waals surface area contributed by atoms with Crippen LogP contribution in [0.3, 0.4) is 0 Å². The molecule has 2 fully saturated rings. The van der Waals surface area contributed by atoms with E-state index in [-0.39, 0.29) is 0 Å². The molecule has 1 aliphatic carbocycles. The van der Waals surface area contributed by atoms with Crippen molar-refractivity contribution in [1.29, 1.82) is 0 Å². The van der Waals surface area contributed by atoms with Crippen molar-refractivity contribution in [2.45, 2.75) is 37.8 Å². The van der Waals surface area contributed by atoms with Crippen LogP contribution >= 0.6 is 0 Å². The van der Waals surface area contributed by atoms with E-state index in [1.807, 2.05) is 0 Å². The van der Waals surface area contributed by atoms with Gasteiger partial charge in [-0.25, -0.2) is 0 Å². The minimum atomic E-state index is 0.978. The van der Waals surface area contributed by atoms with Crippen molar-refractivity contribution in [3.8, 4) is 0 Å². The first kappa shape index (κ1) is 7.56. The molecule has 2 heteroatoms. The van der Waals surface area contributed by atoms with Crippen LogP contribution in [-0.2, 0) is 0 Å². The number of nitrogens with one attached hydrogen (secondary N) is 1. The summed E-state index contributed by atoms with van der Waals surface area (Å²) >= 11 is 0. The van der Waals surface area contributed by atoms with Crippen LogP contribution in [0.1, 0.15) is 25.7 Å². The summed E-state index contributed by atoms with van der Waals surface area (Å²) in [5.74, 6) is 0. The van der Waals surface area contributed by atoms with Gasteiger partial charge < -0.3 is 10.2 Å². The van der Waals surface area contributed by atoms with Gasteiger partial charge in [0.2, 0.25) is 0 Å². The third-order valence-corrected chi connectivity index (χ3v) is 3.05. The smallest absolute Gasteiger partial charge is 0.0969 e. The van der Waals surface area contributed by atoms with E-state index >= 15 is 0 Å². The highest BCUT2D eigenvalue weighted by Crippen LogP contribution is 2.14. The maximum Gasteiger partial charge on any atom is 0.0969 e. The van der Waals surface area contributed by atoms with Gasteiger partial charge in [-0.2, -0.15) is 0 Å². The van der Waals surface area contributed by atoms with Crippen LogP contribution in [0.2, 0.25) is 0 Å². The predicted molar refractivity (Wildman–Crippen MR) is 44.6 cm³/mol. The van der Waals surface area contributed by atoms with Gasteiger partial charge in [0, 0.05) is 25.7 Å². The maximum atomic E-state index is 2.63. The van der Waals surface area contributed by atoms with Crippen LogP contribution in [0.25, 0.3) is 0 Å². The molecular weight excluding hydrogens is 136 g/mol. The van der Waals surface area contributed by atoms with Crippen LogP contribution in [0, 0.1) is 0 Å². The fourth-order valence-corrected chi connectivity index (χ4v) is 2.00. The second-order valence-corrected chi connectivity index (χ2v) is 4.32. The molecule has 0 aromatic carbocycles. The number of rotatable bonds is 2. The highest BCUT2D eigenvalue weighted by atomic mass is 15.1. The second-order valence-electron chi connectivity index (χ2n) is 4.32. The third-order valence-electron chi connectivity index (χ3n) is 3.05. The zero-order chi connectivity index (χ0) is 7.68. The van der Waals surface area contributed by atoms with Gasteiger partial charge in [-0.15, -0.1) is 0 Å². The van der Waals surface area contributed by atoms with E-state index in [0.29, 0.717) is 0 Å². The number of hydrogen-bond donors (Lipinski definition) is 2. The van der Waals surface area contributed by atoms with Gasteiger partial charge in [-0.1, -0.05) is 0 Å². The van der Waals surface area contributed by atoms with E-state index in [1.165, 1.54) is 38.8 Å². The molecule has 1 heterocycles. The van der Waals surface area contributed by atoms with Gasteiger partial charge in [-0.05, 0) is 0 Å². The largest absolute Gasteiger partial charge is 0.341 e. The Hall–Kier alpha value is -0.0800. The summed E-state index contributed by atoms with van der Waals surface area (Å²) in [5, 5.41) is 2.63. The Labute approximate surface area is 69.0 Å². The molecule has 2 nitrogen and oxygen atoms in total. The molecule has 1 saturated carbocycles. The molecule has 0 aromatic heterocycles. The molecule has 11 heavy (non-hydrogen) atoms. The van der Waals surface area contributed by atoms with Crippen molar-refractivity contribution in [3.05, 3.63) is 0 Å². The molecule has 3 N–H and O–H groups in total. The monoisotopic (exact) mass is 156 g/mol. The Morgan fingerprint density at radius 3 is 2.09 bits per heavy atom. The summed E-state index contributed by atoms with van der Waals surface area (Å²) in [4.78, 5) is 1.73. The topological polar surface area (TPSA) is 21.1 Å². The Morgan fingerprint density at radius 2 is 1.55 bits per heavy atom. The van der Waals surface area contributed by atoms with Gasteiger partial charge in [0.25, 0.3) is 0 Å². The number of quaternary nitrogens is 2. The lowest BCUT2D eigenvalue weighted by Gasteiger charge is -2.24. The maximum absolute atomic E-state index is 2.63. The molecule has 0 bridgehead atoms. The summed E-state index contributed by atoms with van der Waals surface area (Å²) in [5.41, 5.74) is 0. The molecular formula is C9H20N2+2. The van der Waals surface area contributed by atoms with Crippen LogP contribution in [0.15, 0.2) is 0 Å². The summed E-state index contributed by atoms with van der Waals surface area (Å²) in [7, 11) is 2.31. The highest BCUT2D eigenvalue weighted by Gasteiger charge is 2.31. The minimum absolute atomic E-state index is 0.978. The van der Waals surface area contributed by atoms with Crippen molar-refractivity contribution < 1.29 is 10.2 Å². The molecule has 64 valence electrons. The van der Waals surface area contributed by atoms with Crippen molar-refractivity contribution in [2.75, 3.05) is 20.1 Å². The zero-order valence-corrected chi connectivity index (χ0v) is 7.47. The first-order valence-electron chi connectivity index (χ1n) is 5.01. The van der Waals surface area contributed by atoms with Crippen LogP contribution in [0.4, 0.5) is 0 Å². The molecule has 0 atom stereocenters. The van der Waals surface area contributed by atoms with Gasteiger partial charge >= 0.3 is 0 Å². The summed E-state index contributed by atoms with van der Waals surface area (Å²) in [6, 6.07) is 2.00. The molecule has 0 radical (unpaired) electrons. The first-order chi connectivity index (χ1) is 5.34. The van der Waals surface area contributed by atoms with Gasteiger partial charge in [-0.3, -0.25) is 0 Å². The van der Waals surface area contributed by atoms with Crippen molar-refractivity contribution in [1.82, 2.24) is 0 Å². The molecule has 0 amide bonds. The van der Waals surface area contributed by atoms with Crippen molar-refractivity contribution in [3.63, 3.8) is 0 Å². The van der Waals surface area contributed by atoms with Gasteiger partial charge in [0.15, 0.2) is 0 Å². The predicted octanol–water partition coefficient (Wildman–Crippen LogP) is -1.61. The lowest BCUT2D eigenvalue weighted by atomic mass is 10.1. The fourth-order valence-electron chi connectivity index (χ4n) is 2.00. The quantitative estimate of drug-likeness (QED) is 0.480. The zero-order valence-electron chi connectivity index (χ0n) is 7.47. The fraction of sp³-hybridized carbons (Fsp3) is 1.00. The van der Waals surface area contributed by atoms with Gasteiger partial charge in [0.1, 0.15) is 0 Å². The second kappa shape index (κ2) is 3.11. The van der Waals surface area contributed by atoms with Crippen LogP contribution in [-0.4, -0.2) is 32.2 Å². The number of likely N-dealkylation sites (tertiary alicyclic amines) is 1. The van der Waals surface area contributed by atoms with Crippen molar-refractivity contribution >= 4 is 0 Å². The number of piperidine rings is 1. The van der Waals surface area contributed by atoms with E-state index in [1.54, 1.807) is 4.90 Å². The third kappa shape index (κ3) is 2.17. The summed E-state index contributed by atoms with van der Waals surface area (Å²) in [6.07, 6.45) is 5.86. The standard InChI is InChI=1S/C9H18N2/c1-11-6-4-9(5-7-11)10-8-2-3-8/h8-10H,2-7H2,1H3/p+2. The first-order valence-corrected chi connectivity index (χ1v) is 5.01. The average molecular weight is 156 g/mol. The SMILES string of the molecule is C[NH+]1CCC([NH2+]C2CC2)CC1. The normalized spacial score (nSPS) is 39.0. The average Bonchev–Trinajstić information content (AvgIpc) is 2.78. The van der Waals surface area contributed by atoms with Crippen molar-refractivity contribution in [2.24, 2.45) is 0 Å². The van der Waals surface area contributed by atoms with E-state index in [4.69, 9.17) is 0 Å². The molecule has 2 rings (SSSR count). The Balaban J connectivity index is 1.69. The summed E-state index contributed by atoms with van der Waals surface area (Å²) in [6.45, 7) is 2.79. The van der Waals surface area contributed by atoms with Gasteiger partial charge in [0.05, 0.1) is 32.2 Å². The molecule has 2 aliphatic rings. The van der Waals surface area contributed by atoms with E-state index in [2.05, 4.69) is 12.4 Å². The summed E-state index contributed by atoms with van der Waals surface area (Å²) < 4.78 is 0. The highest BCUT2D eigenvalue weighted by molar-refractivity contribution is 4.71. The number of hydrogen-bond acceptors (Lipinski definition) is 0. The number of nitrogens with two attached hydrogens (primary N) is 1. The van der Waals surface area contributed by atoms with E-state index < -0.39 is 0 Å². The van der Waals surface area contributed by atoms with E-state index in [0.717, 1.165) is 12.1 Å². The lowest BCUT2D eigenvalue weighted by molar-refractivity contribution is -0.894. The lowest BCUT2D eigenvalue weighted by Crippen LogP contribution is -3.12. The Morgan fingerprint density at radius 1 is 1.00 bits per heavy atom. The Kier molecular flexibility index (Phi) is 2.14.